The van der Waals surface area contributed by atoms with E-state index in [4.69, 9.17) is 4.74 Å². The molecule has 1 aromatic heterocycles. The Hall–Kier alpha value is -1.29. The van der Waals surface area contributed by atoms with E-state index in [0.29, 0.717) is 6.61 Å². The lowest BCUT2D eigenvalue weighted by molar-refractivity contribution is 0.286. The summed E-state index contributed by atoms with van der Waals surface area (Å²) in [4.78, 5) is 0. The second kappa shape index (κ2) is 5.78. The van der Waals surface area contributed by atoms with E-state index >= 15 is 0 Å². The molecule has 0 saturated carbocycles. The number of ether oxygens (including phenoxy) is 1. The van der Waals surface area contributed by atoms with Gasteiger partial charge in [-0.25, -0.2) is 0 Å². The normalized spacial score (nSPS) is 10.8. The number of rotatable bonds is 4. The third kappa shape index (κ3) is 3.00. The van der Waals surface area contributed by atoms with Crippen molar-refractivity contribution in [1.29, 1.82) is 0 Å². The summed E-state index contributed by atoms with van der Waals surface area (Å²) < 4.78 is 8.96. The summed E-state index contributed by atoms with van der Waals surface area (Å²) >= 11 is 3.54. The van der Waals surface area contributed by atoms with E-state index in [1.54, 1.807) is 0 Å². The smallest absolute Gasteiger partial charge is 0.125 e. The van der Waals surface area contributed by atoms with Crippen LogP contribution in [0.4, 0.5) is 0 Å². The highest BCUT2D eigenvalue weighted by Crippen LogP contribution is 2.23. The second-order valence-corrected chi connectivity index (χ2v) is 5.57. The predicted octanol–water partition coefficient (Wildman–Crippen LogP) is 3.96. The number of benzene rings is 1. The molecule has 0 saturated heterocycles. The molecule has 0 fully saturated rings. The van der Waals surface area contributed by atoms with Gasteiger partial charge in [0, 0.05) is 5.69 Å². The molecule has 0 amide bonds. The molecule has 1 aromatic carbocycles. The Kier molecular flexibility index (Phi) is 4.30. The SMILES string of the molecule is Cc1cccc(C)c1OCCn1nc(C)c(Br)c1C. The van der Waals surface area contributed by atoms with Crippen molar-refractivity contribution in [3.05, 3.63) is 45.2 Å². The fourth-order valence-corrected chi connectivity index (χ4v) is 2.44. The minimum Gasteiger partial charge on any atom is -0.491 e. The van der Waals surface area contributed by atoms with E-state index in [-0.39, 0.29) is 0 Å². The van der Waals surface area contributed by atoms with Gasteiger partial charge in [-0.3, -0.25) is 4.68 Å². The van der Waals surface area contributed by atoms with Crippen LogP contribution in [0.25, 0.3) is 0 Å². The average Bonchev–Trinajstić information content (AvgIpc) is 2.61. The van der Waals surface area contributed by atoms with E-state index in [1.165, 1.54) is 11.1 Å². The molecule has 19 heavy (non-hydrogen) atoms. The molecule has 0 unspecified atom stereocenters. The average molecular weight is 323 g/mol. The van der Waals surface area contributed by atoms with Crippen LogP contribution in [-0.2, 0) is 6.54 Å². The molecule has 1 heterocycles. The van der Waals surface area contributed by atoms with Crippen LogP contribution in [0.1, 0.15) is 22.5 Å². The summed E-state index contributed by atoms with van der Waals surface area (Å²) in [7, 11) is 0. The maximum absolute atomic E-state index is 5.90. The highest BCUT2D eigenvalue weighted by Gasteiger charge is 2.09. The van der Waals surface area contributed by atoms with Gasteiger partial charge >= 0.3 is 0 Å². The van der Waals surface area contributed by atoms with E-state index in [1.807, 2.05) is 11.6 Å². The number of nitrogens with zero attached hydrogens (tertiary/aromatic N) is 2. The summed E-state index contributed by atoms with van der Waals surface area (Å²) in [5.41, 5.74) is 4.51. The lowest BCUT2D eigenvalue weighted by Gasteiger charge is -2.12. The van der Waals surface area contributed by atoms with Crippen LogP contribution in [-0.4, -0.2) is 16.4 Å². The number of aryl methyl sites for hydroxylation is 3. The van der Waals surface area contributed by atoms with Gasteiger partial charge in [0.15, 0.2) is 0 Å². The summed E-state index contributed by atoms with van der Waals surface area (Å²) in [6, 6.07) is 6.19. The van der Waals surface area contributed by atoms with Crippen LogP contribution in [0, 0.1) is 27.7 Å². The molecule has 4 heteroatoms. The zero-order valence-corrected chi connectivity index (χ0v) is 13.4. The minimum atomic E-state index is 0.625. The van der Waals surface area contributed by atoms with Gasteiger partial charge in [-0.2, -0.15) is 5.10 Å². The van der Waals surface area contributed by atoms with Crippen molar-refractivity contribution in [3.8, 4) is 5.75 Å². The predicted molar refractivity (Wildman–Crippen MR) is 80.8 cm³/mol. The Balaban J connectivity index is 2.02. The van der Waals surface area contributed by atoms with Gasteiger partial charge in [0.25, 0.3) is 0 Å². The van der Waals surface area contributed by atoms with Crippen molar-refractivity contribution in [2.75, 3.05) is 6.61 Å². The molecule has 0 aliphatic rings. The van der Waals surface area contributed by atoms with Crippen molar-refractivity contribution >= 4 is 15.9 Å². The Morgan fingerprint density at radius 2 is 1.79 bits per heavy atom. The first-order valence-corrected chi connectivity index (χ1v) is 7.18. The molecule has 0 radical (unpaired) electrons. The third-order valence-electron chi connectivity index (χ3n) is 3.25. The summed E-state index contributed by atoms with van der Waals surface area (Å²) in [6.45, 7) is 9.58. The highest BCUT2D eigenvalue weighted by molar-refractivity contribution is 9.10. The standard InChI is InChI=1S/C15H19BrN2O/c1-10-6-5-7-11(2)15(10)19-9-8-18-13(4)14(16)12(3)17-18/h5-7H,8-9H2,1-4H3. The van der Waals surface area contributed by atoms with Gasteiger partial charge < -0.3 is 4.74 Å². The maximum atomic E-state index is 5.90. The van der Waals surface area contributed by atoms with Crippen LogP contribution >= 0.6 is 15.9 Å². The first-order valence-electron chi connectivity index (χ1n) is 6.39. The molecule has 0 aliphatic heterocycles. The number of hydrogen-bond donors (Lipinski definition) is 0. The molecular formula is C15H19BrN2O. The molecule has 0 N–H and O–H groups in total. The first kappa shape index (κ1) is 14.1. The molecule has 2 rings (SSSR count). The topological polar surface area (TPSA) is 27.1 Å². The molecule has 0 bridgehead atoms. The van der Waals surface area contributed by atoms with Gasteiger partial charge in [0.05, 0.1) is 16.7 Å². The molecule has 2 aromatic rings. The molecular weight excluding hydrogens is 304 g/mol. The maximum Gasteiger partial charge on any atom is 0.125 e. The van der Waals surface area contributed by atoms with E-state index < -0.39 is 0 Å². The molecule has 3 nitrogen and oxygen atoms in total. The Morgan fingerprint density at radius 3 is 2.32 bits per heavy atom. The molecule has 0 aliphatic carbocycles. The molecule has 102 valence electrons. The fourth-order valence-electron chi connectivity index (χ4n) is 2.15. The van der Waals surface area contributed by atoms with Crippen molar-refractivity contribution in [1.82, 2.24) is 9.78 Å². The number of para-hydroxylation sites is 1. The van der Waals surface area contributed by atoms with Crippen molar-refractivity contribution in [2.24, 2.45) is 0 Å². The zero-order chi connectivity index (χ0) is 14.0. The van der Waals surface area contributed by atoms with Gasteiger partial charge in [0.1, 0.15) is 12.4 Å². The molecule has 0 spiro atoms. The lowest BCUT2D eigenvalue weighted by atomic mass is 10.1. The second-order valence-electron chi connectivity index (χ2n) is 4.78. The van der Waals surface area contributed by atoms with Gasteiger partial charge in [-0.05, 0) is 54.8 Å². The van der Waals surface area contributed by atoms with Gasteiger partial charge in [-0.1, -0.05) is 18.2 Å². The monoisotopic (exact) mass is 322 g/mol. The minimum absolute atomic E-state index is 0.625. The van der Waals surface area contributed by atoms with Crippen molar-refractivity contribution in [2.45, 2.75) is 34.2 Å². The highest BCUT2D eigenvalue weighted by atomic mass is 79.9. The Morgan fingerprint density at radius 1 is 1.16 bits per heavy atom. The van der Waals surface area contributed by atoms with Crippen LogP contribution in [0.3, 0.4) is 0 Å². The number of aromatic nitrogens is 2. The van der Waals surface area contributed by atoms with E-state index in [0.717, 1.165) is 28.2 Å². The summed E-state index contributed by atoms with van der Waals surface area (Å²) in [5.74, 6) is 0.989. The number of hydrogen-bond acceptors (Lipinski definition) is 2. The van der Waals surface area contributed by atoms with E-state index in [9.17, 15) is 0 Å². The van der Waals surface area contributed by atoms with Gasteiger partial charge in [0.2, 0.25) is 0 Å². The molecule has 0 atom stereocenters. The lowest BCUT2D eigenvalue weighted by Crippen LogP contribution is -2.11. The summed E-state index contributed by atoms with van der Waals surface area (Å²) in [6.07, 6.45) is 0. The Bertz CT molecular complexity index is 570. The van der Waals surface area contributed by atoms with Crippen LogP contribution in [0.5, 0.6) is 5.75 Å². The van der Waals surface area contributed by atoms with Crippen LogP contribution in [0.15, 0.2) is 22.7 Å². The van der Waals surface area contributed by atoms with Crippen LogP contribution in [0.2, 0.25) is 0 Å². The fraction of sp³-hybridized carbons (Fsp3) is 0.400. The largest absolute Gasteiger partial charge is 0.491 e. The zero-order valence-electron chi connectivity index (χ0n) is 11.8. The first-order chi connectivity index (χ1) is 9.00. The van der Waals surface area contributed by atoms with E-state index in [2.05, 4.69) is 60.0 Å². The third-order valence-corrected chi connectivity index (χ3v) is 4.40. The van der Waals surface area contributed by atoms with Crippen molar-refractivity contribution < 1.29 is 4.74 Å². The number of halogens is 1. The Labute approximate surface area is 122 Å². The summed E-state index contributed by atoms with van der Waals surface area (Å²) in [5, 5.41) is 4.48. The van der Waals surface area contributed by atoms with Gasteiger partial charge in [-0.15, -0.1) is 0 Å². The van der Waals surface area contributed by atoms with Crippen molar-refractivity contribution in [3.63, 3.8) is 0 Å². The quantitative estimate of drug-likeness (QED) is 0.852. The van der Waals surface area contributed by atoms with Crippen LogP contribution < -0.4 is 4.74 Å².